The Morgan fingerprint density at radius 1 is 0.879 bits per heavy atom. The Kier molecular flexibility index (Phi) is 11.6. The highest BCUT2D eigenvalue weighted by molar-refractivity contribution is 9.10. The van der Waals surface area contributed by atoms with E-state index in [1.807, 2.05) is 18.2 Å². The van der Waals surface area contributed by atoms with Gasteiger partial charge in [0.2, 0.25) is 0 Å². The Bertz CT molecular complexity index is 703. The summed E-state index contributed by atoms with van der Waals surface area (Å²) in [7, 11) is 0. The Balaban J connectivity index is 1.38. The summed E-state index contributed by atoms with van der Waals surface area (Å²) in [6, 6.07) is 5.55. The zero-order chi connectivity index (χ0) is 23.5. The second-order valence-electron chi connectivity index (χ2n) is 10.4. The van der Waals surface area contributed by atoms with Crippen LogP contribution < -0.4 is 4.74 Å². The van der Waals surface area contributed by atoms with Gasteiger partial charge in [-0.1, -0.05) is 65.2 Å². The first kappa shape index (κ1) is 26.6. The van der Waals surface area contributed by atoms with Crippen LogP contribution in [0.3, 0.4) is 0 Å². The zero-order valence-electron chi connectivity index (χ0n) is 21.0. The fourth-order valence-corrected chi connectivity index (χ4v) is 6.29. The van der Waals surface area contributed by atoms with Gasteiger partial charge in [-0.3, -0.25) is 0 Å². The summed E-state index contributed by atoms with van der Waals surface area (Å²) in [6.07, 6.45) is 19.2. The molecular formula is C29H45BrO3. The molecule has 0 bridgehead atoms. The molecular weight excluding hydrogens is 476 g/mol. The summed E-state index contributed by atoms with van der Waals surface area (Å²) >= 11 is 3.56. The first-order valence-corrected chi connectivity index (χ1v) is 14.5. The second kappa shape index (κ2) is 14.4. The lowest BCUT2D eigenvalue weighted by Gasteiger charge is -2.37. The molecule has 2 aliphatic carbocycles. The van der Waals surface area contributed by atoms with Crippen molar-refractivity contribution in [3.63, 3.8) is 0 Å². The van der Waals surface area contributed by atoms with Crippen LogP contribution in [-0.4, -0.2) is 18.7 Å². The van der Waals surface area contributed by atoms with E-state index in [4.69, 9.17) is 9.47 Å². The van der Waals surface area contributed by atoms with Gasteiger partial charge in [-0.05, 0) is 96.8 Å². The number of ether oxygens (including phenoxy) is 2. The van der Waals surface area contributed by atoms with Crippen LogP contribution in [0.25, 0.3) is 0 Å². The number of carbonyl (C=O) groups excluding carboxylic acids is 1. The quantitative estimate of drug-likeness (QED) is 0.203. The fraction of sp³-hybridized carbons (Fsp3) is 0.759. The maximum Gasteiger partial charge on any atom is 0.338 e. The normalized spacial score (nSPS) is 25.5. The smallest absolute Gasteiger partial charge is 0.338 e. The molecule has 0 spiro atoms. The zero-order valence-corrected chi connectivity index (χ0v) is 22.5. The molecule has 0 unspecified atom stereocenters. The predicted octanol–water partition coefficient (Wildman–Crippen LogP) is 9.12. The lowest BCUT2D eigenvalue weighted by Crippen LogP contribution is -2.29. The van der Waals surface area contributed by atoms with E-state index in [9.17, 15) is 4.79 Å². The number of hydrogen-bond acceptors (Lipinski definition) is 3. The fourth-order valence-electron chi connectivity index (χ4n) is 5.79. The molecule has 3 rings (SSSR count). The monoisotopic (exact) mass is 520 g/mol. The van der Waals surface area contributed by atoms with Crippen LogP contribution in [0.15, 0.2) is 22.7 Å². The van der Waals surface area contributed by atoms with Gasteiger partial charge in [0.25, 0.3) is 0 Å². The summed E-state index contributed by atoms with van der Waals surface area (Å²) < 4.78 is 12.6. The van der Waals surface area contributed by atoms with Gasteiger partial charge in [-0.25, -0.2) is 4.79 Å². The number of benzene rings is 1. The van der Waals surface area contributed by atoms with Gasteiger partial charge >= 0.3 is 5.97 Å². The van der Waals surface area contributed by atoms with E-state index >= 15 is 0 Å². The van der Waals surface area contributed by atoms with E-state index in [1.165, 1.54) is 77.0 Å². The summed E-state index contributed by atoms with van der Waals surface area (Å²) in [5.74, 6) is 3.33. The molecule has 33 heavy (non-hydrogen) atoms. The Labute approximate surface area is 210 Å². The third-order valence-corrected chi connectivity index (χ3v) is 8.56. The van der Waals surface area contributed by atoms with Gasteiger partial charge in [-0.2, -0.15) is 0 Å². The maximum atomic E-state index is 12.7. The van der Waals surface area contributed by atoms with Crippen molar-refractivity contribution in [2.24, 2.45) is 17.8 Å². The van der Waals surface area contributed by atoms with Crippen molar-refractivity contribution >= 4 is 21.9 Å². The van der Waals surface area contributed by atoms with Crippen molar-refractivity contribution < 1.29 is 14.3 Å². The van der Waals surface area contributed by atoms with Crippen LogP contribution in [0.5, 0.6) is 5.75 Å². The minimum atomic E-state index is -0.204. The molecule has 2 saturated carbocycles. The van der Waals surface area contributed by atoms with E-state index in [1.54, 1.807) is 0 Å². The number of carbonyl (C=O) groups is 1. The van der Waals surface area contributed by atoms with Gasteiger partial charge in [-0.15, -0.1) is 0 Å². The molecule has 0 amide bonds. The molecule has 0 N–H and O–H groups in total. The highest BCUT2D eigenvalue weighted by atomic mass is 79.9. The highest BCUT2D eigenvalue weighted by Gasteiger charge is 2.32. The average Bonchev–Trinajstić information content (AvgIpc) is 2.84. The van der Waals surface area contributed by atoms with Gasteiger partial charge in [0.15, 0.2) is 0 Å². The molecule has 0 aliphatic heterocycles. The van der Waals surface area contributed by atoms with E-state index in [0.29, 0.717) is 12.2 Å². The average molecular weight is 522 g/mol. The van der Waals surface area contributed by atoms with Crippen molar-refractivity contribution in [3.8, 4) is 5.75 Å². The molecule has 3 nitrogen and oxygen atoms in total. The largest absolute Gasteiger partial charge is 0.492 e. The Morgan fingerprint density at radius 3 is 2.18 bits per heavy atom. The Hall–Kier alpha value is -1.03. The molecule has 0 atom stereocenters. The lowest BCUT2D eigenvalue weighted by molar-refractivity contribution is 0.0109. The molecule has 0 saturated heterocycles. The van der Waals surface area contributed by atoms with Crippen LogP contribution in [0, 0.1) is 17.8 Å². The highest BCUT2D eigenvalue weighted by Crippen LogP contribution is 2.41. The van der Waals surface area contributed by atoms with Crippen molar-refractivity contribution in [2.45, 2.75) is 116 Å². The maximum absolute atomic E-state index is 12.7. The van der Waals surface area contributed by atoms with E-state index in [2.05, 4.69) is 29.8 Å². The molecule has 1 aromatic carbocycles. The summed E-state index contributed by atoms with van der Waals surface area (Å²) in [6.45, 7) is 5.22. The lowest BCUT2D eigenvalue weighted by atomic mass is 9.70. The molecule has 0 heterocycles. The predicted molar refractivity (Wildman–Crippen MR) is 140 cm³/mol. The van der Waals surface area contributed by atoms with Gasteiger partial charge in [0.1, 0.15) is 11.9 Å². The van der Waals surface area contributed by atoms with Gasteiger partial charge in [0.05, 0.1) is 16.6 Å². The van der Waals surface area contributed by atoms with Crippen molar-refractivity contribution in [2.75, 3.05) is 6.61 Å². The van der Waals surface area contributed by atoms with Gasteiger partial charge in [0, 0.05) is 0 Å². The van der Waals surface area contributed by atoms with Crippen LogP contribution in [0.2, 0.25) is 0 Å². The van der Waals surface area contributed by atoms with Crippen molar-refractivity contribution in [1.29, 1.82) is 0 Å². The number of esters is 1. The first-order valence-electron chi connectivity index (χ1n) is 13.7. The van der Waals surface area contributed by atoms with E-state index < -0.39 is 0 Å². The number of rotatable bonds is 12. The summed E-state index contributed by atoms with van der Waals surface area (Å²) in [4.78, 5) is 12.7. The third kappa shape index (κ3) is 8.60. The SMILES string of the molecule is CCCCCCOc1ccc(C(=O)OC2CCC(C3CCC(CCCC)CC3)CC2)cc1Br. The first-order chi connectivity index (χ1) is 16.1. The Morgan fingerprint density at radius 2 is 1.55 bits per heavy atom. The molecule has 0 aromatic heterocycles. The molecule has 2 aliphatic rings. The van der Waals surface area contributed by atoms with Crippen molar-refractivity contribution in [3.05, 3.63) is 28.2 Å². The second-order valence-corrected chi connectivity index (χ2v) is 11.3. The van der Waals surface area contributed by atoms with Crippen molar-refractivity contribution in [1.82, 2.24) is 0 Å². The standard InChI is InChI=1S/C29H45BrO3/c1-3-5-7-8-20-32-28-19-16-25(21-27(28)30)29(31)33-26-17-14-24(15-18-26)23-12-10-22(11-13-23)9-6-4-2/h16,19,21-24,26H,3-15,17-18,20H2,1-2H3. The third-order valence-electron chi connectivity index (χ3n) is 7.94. The summed E-state index contributed by atoms with van der Waals surface area (Å²) in [5, 5.41) is 0. The van der Waals surface area contributed by atoms with Crippen LogP contribution >= 0.6 is 15.9 Å². The summed E-state index contributed by atoms with van der Waals surface area (Å²) in [5.41, 5.74) is 0.604. The molecule has 0 radical (unpaired) electrons. The number of unbranched alkanes of at least 4 members (excludes halogenated alkanes) is 4. The van der Waals surface area contributed by atoms with Crippen LogP contribution in [0.1, 0.15) is 121 Å². The number of hydrogen-bond donors (Lipinski definition) is 0. The molecule has 4 heteroatoms. The molecule has 186 valence electrons. The van der Waals surface area contributed by atoms with Crippen LogP contribution in [0.4, 0.5) is 0 Å². The van der Waals surface area contributed by atoms with E-state index in [0.717, 1.165) is 47.2 Å². The molecule has 2 fully saturated rings. The number of halogens is 1. The van der Waals surface area contributed by atoms with Gasteiger partial charge < -0.3 is 9.47 Å². The molecule has 1 aromatic rings. The van der Waals surface area contributed by atoms with E-state index in [-0.39, 0.29) is 12.1 Å². The topological polar surface area (TPSA) is 35.5 Å². The minimum absolute atomic E-state index is 0.0721. The van der Waals surface area contributed by atoms with Crippen LogP contribution in [-0.2, 0) is 4.74 Å². The minimum Gasteiger partial charge on any atom is -0.492 e.